The van der Waals surface area contributed by atoms with Gasteiger partial charge in [0.15, 0.2) is 0 Å². The van der Waals surface area contributed by atoms with Gasteiger partial charge in [0, 0.05) is 0 Å². The first-order valence-electron chi connectivity index (χ1n) is 5.23. The molecule has 1 aromatic rings. The second-order valence-corrected chi connectivity index (χ2v) is 4.71. The molecule has 1 fully saturated rings. The van der Waals surface area contributed by atoms with Crippen molar-refractivity contribution >= 4 is 34.8 Å². The van der Waals surface area contributed by atoms with Crippen LogP contribution in [0.2, 0.25) is 10.0 Å². The summed E-state index contributed by atoms with van der Waals surface area (Å²) >= 11 is 12.1. The van der Waals surface area contributed by atoms with Crippen molar-refractivity contribution in [3.63, 3.8) is 0 Å². The van der Waals surface area contributed by atoms with Gasteiger partial charge >= 0.3 is 0 Å². The first-order valence-corrected chi connectivity index (χ1v) is 5.98. The lowest BCUT2D eigenvalue weighted by molar-refractivity contribution is -0.255. The molecule has 0 atom stereocenters. The Kier molecular flexibility index (Phi) is 2.56. The molecule has 0 aromatic heterocycles. The maximum Gasteiger partial charge on any atom is 0.290 e. The van der Waals surface area contributed by atoms with Crippen LogP contribution in [0, 0.1) is 0 Å². The van der Waals surface area contributed by atoms with E-state index in [0.717, 1.165) is 6.42 Å². The third-order valence-electron chi connectivity index (χ3n) is 2.87. The zero-order chi connectivity index (χ0) is 12.0. The normalized spacial score (nSPS) is 21.4. The van der Waals surface area contributed by atoms with Crippen LogP contribution in [0.15, 0.2) is 12.1 Å². The molecule has 1 saturated heterocycles. The third kappa shape index (κ3) is 1.48. The van der Waals surface area contributed by atoms with Gasteiger partial charge in [-0.05, 0) is 18.6 Å². The quantitative estimate of drug-likeness (QED) is 0.790. The van der Waals surface area contributed by atoms with Crippen molar-refractivity contribution in [1.29, 1.82) is 0 Å². The molecule has 17 heavy (non-hydrogen) atoms. The van der Waals surface area contributed by atoms with Gasteiger partial charge < -0.3 is 14.8 Å². The third-order valence-corrected chi connectivity index (χ3v) is 3.50. The Morgan fingerprint density at radius 2 is 1.82 bits per heavy atom. The number of carbonyl (C=O) groups is 1. The fourth-order valence-corrected chi connectivity index (χ4v) is 2.60. The molecule has 0 bridgehead atoms. The number of anilines is 1. The number of hydrogen-bond donors (Lipinski definition) is 1. The van der Waals surface area contributed by atoms with Gasteiger partial charge in [0.25, 0.3) is 11.7 Å². The number of benzene rings is 1. The highest BCUT2D eigenvalue weighted by Gasteiger charge is 2.53. The van der Waals surface area contributed by atoms with Crippen molar-refractivity contribution in [3.05, 3.63) is 27.7 Å². The predicted octanol–water partition coefficient (Wildman–Crippen LogP) is 2.54. The largest absolute Gasteiger partial charge is 0.338 e. The number of carbonyl (C=O) groups excluding carboxylic acids is 1. The van der Waals surface area contributed by atoms with Crippen LogP contribution in [0.5, 0.6) is 0 Å². The lowest BCUT2D eigenvalue weighted by Gasteiger charge is -2.32. The van der Waals surface area contributed by atoms with Crippen molar-refractivity contribution in [2.75, 3.05) is 18.5 Å². The summed E-state index contributed by atoms with van der Waals surface area (Å²) in [5, 5.41) is 3.49. The fraction of sp³-hybridized carbons (Fsp3) is 0.364. The minimum atomic E-state index is -1.42. The first-order chi connectivity index (χ1) is 8.15. The number of fused-ring (bicyclic) bond motifs is 2. The van der Waals surface area contributed by atoms with Crippen molar-refractivity contribution < 1.29 is 14.3 Å². The Balaban J connectivity index is 2.21. The standard InChI is InChI=1S/C11H9Cl2NO3/c12-6-2-3-7(13)9-8(6)11(10(15)14-9)16-4-1-5-17-11/h2-3H,1,4-5H2,(H,14,15). The van der Waals surface area contributed by atoms with E-state index in [9.17, 15) is 4.79 Å². The summed E-state index contributed by atoms with van der Waals surface area (Å²) in [6, 6.07) is 3.26. The summed E-state index contributed by atoms with van der Waals surface area (Å²) in [7, 11) is 0. The molecular weight excluding hydrogens is 265 g/mol. The lowest BCUT2D eigenvalue weighted by atomic mass is 10.1. The maximum absolute atomic E-state index is 12.0. The Bertz CT molecular complexity index is 498. The summed E-state index contributed by atoms with van der Waals surface area (Å²) in [4.78, 5) is 12.0. The number of ether oxygens (including phenoxy) is 2. The molecule has 2 heterocycles. The molecule has 0 aliphatic carbocycles. The number of amides is 1. The highest BCUT2D eigenvalue weighted by Crippen LogP contribution is 2.48. The zero-order valence-electron chi connectivity index (χ0n) is 8.76. The van der Waals surface area contributed by atoms with E-state index in [4.69, 9.17) is 32.7 Å². The molecule has 1 aromatic carbocycles. The molecular formula is C11H9Cl2NO3. The molecule has 90 valence electrons. The molecule has 0 unspecified atom stereocenters. The van der Waals surface area contributed by atoms with Crippen LogP contribution in [-0.2, 0) is 20.1 Å². The zero-order valence-corrected chi connectivity index (χ0v) is 10.3. The van der Waals surface area contributed by atoms with Crippen LogP contribution in [0.25, 0.3) is 0 Å². The highest BCUT2D eigenvalue weighted by molar-refractivity contribution is 6.37. The molecule has 4 nitrogen and oxygen atoms in total. The van der Waals surface area contributed by atoms with Crippen molar-refractivity contribution in [2.24, 2.45) is 0 Å². The van der Waals surface area contributed by atoms with Gasteiger partial charge in [0.1, 0.15) is 0 Å². The number of halogens is 2. The van der Waals surface area contributed by atoms with Gasteiger partial charge in [-0.25, -0.2) is 0 Å². The lowest BCUT2D eigenvalue weighted by Crippen LogP contribution is -2.43. The van der Waals surface area contributed by atoms with E-state index < -0.39 is 5.79 Å². The second kappa shape index (κ2) is 3.85. The topological polar surface area (TPSA) is 47.6 Å². The van der Waals surface area contributed by atoms with Crippen LogP contribution in [0.1, 0.15) is 12.0 Å². The van der Waals surface area contributed by atoms with Crippen LogP contribution in [-0.4, -0.2) is 19.1 Å². The number of rotatable bonds is 0. The van der Waals surface area contributed by atoms with E-state index in [-0.39, 0.29) is 5.91 Å². The van der Waals surface area contributed by atoms with Gasteiger partial charge in [-0.3, -0.25) is 4.79 Å². The SMILES string of the molecule is O=C1Nc2c(Cl)ccc(Cl)c2C12OCCCO2. The van der Waals surface area contributed by atoms with Crippen LogP contribution in [0.4, 0.5) is 5.69 Å². The second-order valence-electron chi connectivity index (χ2n) is 3.90. The summed E-state index contributed by atoms with van der Waals surface area (Å²) in [5.41, 5.74) is 0.961. The van der Waals surface area contributed by atoms with Gasteiger partial charge in [-0.15, -0.1) is 0 Å². The average Bonchev–Trinajstić information content (AvgIpc) is 2.61. The average molecular weight is 274 g/mol. The summed E-state index contributed by atoms with van der Waals surface area (Å²) in [5.74, 6) is -1.79. The van der Waals surface area contributed by atoms with Gasteiger partial charge in [0.05, 0.1) is 34.5 Å². The molecule has 2 aliphatic rings. The Morgan fingerprint density at radius 1 is 1.18 bits per heavy atom. The minimum absolute atomic E-state index is 0.373. The fourth-order valence-electron chi connectivity index (χ4n) is 2.11. The van der Waals surface area contributed by atoms with E-state index in [1.54, 1.807) is 12.1 Å². The van der Waals surface area contributed by atoms with E-state index in [0.29, 0.717) is 34.5 Å². The van der Waals surface area contributed by atoms with E-state index in [2.05, 4.69) is 5.32 Å². The molecule has 1 spiro atoms. The molecule has 0 saturated carbocycles. The van der Waals surface area contributed by atoms with Crippen molar-refractivity contribution in [1.82, 2.24) is 0 Å². The summed E-state index contributed by atoms with van der Waals surface area (Å²) < 4.78 is 11.0. The Morgan fingerprint density at radius 3 is 2.53 bits per heavy atom. The number of hydrogen-bond acceptors (Lipinski definition) is 3. The molecule has 1 amide bonds. The van der Waals surface area contributed by atoms with Gasteiger partial charge in [0.2, 0.25) is 0 Å². The summed E-state index contributed by atoms with van der Waals surface area (Å²) in [6.07, 6.45) is 0.753. The van der Waals surface area contributed by atoms with Gasteiger partial charge in [-0.1, -0.05) is 23.2 Å². The minimum Gasteiger partial charge on any atom is -0.338 e. The Labute approximate surface area is 108 Å². The summed E-state index contributed by atoms with van der Waals surface area (Å²) in [6.45, 7) is 0.908. The molecule has 3 rings (SSSR count). The molecule has 2 aliphatic heterocycles. The van der Waals surface area contributed by atoms with E-state index in [1.807, 2.05) is 0 Å². The van der Waals surface area contributed by atoms with Crippen LogP contribution >= 0.6 is 23.2 Å². The smallest absolute Gasteiger partial charge is 0.290 e. The van der Waals surface area contributed by atoms with Crippen molar-refractivity contribution in [3.8, 4) is 0 Å². The molecule has 1 N–H and O–H groups in total. The van der Waals surface area contributed by atoms with E-state index >= 15 is 0 Å². The maximum atomic E-state index is 12.0. The van der Waals surface area contributed by atoms with Crippen LogP contribution < -0.4 is 5.32 Å². The predicted molar refractivity (Wildman–Crippen MR) is 63.3 cm³/mol. The highest BCUT2D eigenvalue weighted by atomic mass is 35.5. The molecule has 0 radical (unpaired) electrons. The van der Waals surface area contributed by atoms with E-state index in [1.165, 1.54) is 0 Å². The van der Waals surface area contributed by atoms with Crippen LogP contribution in [0.3, 0.4) is 0 Å². The van der Waals surface area contributed by atoms with Crippen molar-refractivity contribution in [2.45, 2.75) is 12.2 Å². The monoisotopic (exact) mass is 273 g/mol. The number of nitrogens with one attached hydrogen (secondary N) is 1. The Hall–Kier alpha value is -0.810. The van der Waals surface area contributed by atoms with Gasteiger partial charge in [-0.2, -0.15) is 0 Å². The molecule has 6 heteroatoms. The first kappa shape index (κ1) is 11.3.